The van der Waals surface area contributed by atoms with Crippen LogP contribution in [0.4, 0.5) is 18.9 Å². The van der Waals surface area contributed by atoms with Crippen LogP contribution in [0, 0.1) is 22.7 Å². The van der Waals surface area contributed by atoms with Gasteiger partial charge in [0.25, 0.3) is 0 Å². The first-order chi connectivity index (χ1) is 17.2. The summed E-state index contributed by atoms with van der Waals surface area (Å²) in [7, 11) is 1.68. The van der Waals surface area contributed by atoms with Crippen LogP contribution in [-0.2, 0) is 21.1 Å². The molecule has 2 saturated heterocycles. The standard InChI is InChI=1S/C28H30F3N3O2/c1-36-18-22-17-34(25(35)27(9-10-27)21-5-3-2-4-6-21)19-26(22)11-13-33(14-12-26)23-8-7-20(16-32)24(15-23)28(29,30)31/h2-8,15,22H,9-14,17-19H2,1H3. The maximum absolute atomic E-state index is 13.7. The number of likely N-dealkylation sites (tertiary alicyclic amines) is 1. The second kappa shape index (κ2) is 9.11. The van der Waals surface area contributed by atoms with E-state index in [-0.39, 0.29) is 22.8 Å². The Labute approximate surface area is 209 Å². The van der Waals surface area contributed by atoms with Gasteiger partial charge in [0.2, 0.25) is 5.91 Å². The quantitative estimate of drug-likeness (QED) is 0.584. The lowest BCUT2D eigenvalue weighted by atomic mass is 9.71. The molecule has 2 aliphatic heterocycles. The topological polar surface area (TPSA) is 56.6 Å². The van der Waals surface area contributed by atoms with E-state index in [1.165, 1.54) is 6.07 Å². The molecule has 2 heterocycles. The van der Waals surface area contributed by atoms with Crippen molar-refractivity contribution in [3.05, 3.63) is 65.2 Å². The summed E-state index contributed by atoms with van der Waals surface area (Å²) in [5.41, 5.74) is -0.233. The molecule has 2 aromatic carbocycles. The van der Waals surface area contributed by atoms with E-state index in [0.717, 1.165) is 37.3 Å². The minimum Gasteiger partial charge on any atom is -0.384 e. The van der Waals surface area contributed by atoms with Gasteiger partial charge >= 0.3 is 6.18 Å². The van der Waals surface area contributed by atoms with Crippen LogP contribution in [0.1, 0.15) is 42.4 Å². The number of methoxy groups -OCH3 is 1. The summed E-state index contributed by atoms with van der Waals surface area (Å²) in [5.74, 6) is 0.378. The molecular formula is C28H30F3N3O2. The predicted octanol–water partition coefficient (Wildman–Crippen LogP) is 5.00. The largest absolute Gasteiger partial charge is 0.417 e. The van der Waals surface area contributed by atoms with Crippen molar-refractivity contribution in [3.63, 3.8) is 0 Å². The minimum atomic E-state index is -4.58. The third kappa shape index (κ3) is 4.24. The molecule has 1 amide bonds. The number of nitrogens with zero attached hydrogens (tertiary/aromatic N) is 3. The number of hydrogen-bond acceptors (Lipinski definition) is 4. The van der Waals surface area contributed by atoms with Crippen LogP contribution < -0.4 is 4.90 Å². The second-order valence-corrected chi connectivity index (χ2v) is 10.5. The lowest BCUT2D eigenvalue weighted by Crippen LogP contribution is -2.46. The Hall–Kier alpha value is -3.05. The van der Waals surface area contributed by atoms with Crippen molar-refractivity contribution in [1.82, 2.24) is 4.90 Å². The van der Waals surface area contributed by atoms with Gasteiger partial charge in [0.05, 0.1) is 29.2 Å². The molecule has 0 N–H and O–H groups in total. The maximum atomic E-state index is 13.7. The summed E-state index contributed by atoms with van der Waals surface area (Å²) < 4.78 is 46.0. The molecule has 1 saturated carbocycles. The third-order valence-electron chi connectivity index (χ3n) is 8.51. The molecule has 3 fully saturated rings. The number of carbonyl (C=O) groups is 1. The van der Waals surface area contributed by atoms with E-state index in [1.807, 2.05) is 40.1 Å². The fourth-order valence-corrected chi connectivity index (χ4v) is 6.27. The summed E-state index contributed by atoms with van der Waals surface area (Å²) in [5, 5.41) is 9.10. The number of benzene rings is 2. The molecule has 0 radical (unpaired) electrons. The van der Waals surface area contributed by atoms with Gasteiger partial charge in [0, 0.05) is 44.9 Å². The fraction of sp³-hybridized carbons (Fsp3) is 0.500. The van der Waals surface area contributed by atoms with E-state index >= 15 is 0 Å². The van der Waals surface area contributed by atoms with Crippen molar-refractivity contribution >= 4 is 11.6 Å². The normalized spacial score (nSPS) is 22.5. The van der Waals surface area contributed by atoms with Gasteiger partial charge in [-0.15, -0.1) is 0 Å². The molecule has 1 spiro atoms. The van der Waals surface area contributed by atoms with Crippen LogP contribution in [0.3, 0.4) is 0 Å². The van der Waals surface area contributed by atoms with Gasteiger partial charge in [-0.2, -0.15) is 18.4 Å². The highest BCUT2D eigenvalue weighted by Gasteiger charge is 2.57. The Kier molecular flexibility index (Phi) is 6.24. The first kappa shape index (κ1) is 24.6. The molecule has 8 heteroatoms. The van der Waals surface area contributed by atoms with Crippen LogP contribution in [0.15, 0.2) is 48.5 Å². The molecule has 0 aromatic heterocycles. The van der Waals surface area contributed by atoms with Crippen molar-refractivity contribution in [2.45, 2.75) is 37.3 Å². The smallest absolute Gasteiger partial charge is 0.384 e. The minimum absolute atomic E-state index is 0.117. The SMILES string of the molecule is COCC1CN(C(=O)C2(c3ccccc3)CC2)CC12CCN(c1ccc(C#N)c(C(F)(F)F)c1)CC2. The molecule has 0 bridgehead atoms. The number of piperidine rings is 1. The highest BCUT2D eigenvalue weighted by Crippen LogP contribution is 2.53. The van der Waals surface area contributed by atoms with Crippen LogP contribution in [0.25, 0.3) is 0 Å². The Morgan fingerprint density at radius 2 is 1.81 bits per heavy atom. The number of hydrogen-bond donors (Lipinski definition) is 0. The average Bonchev–Trinajstić information content (AvgIpc) is 3.63. The van der Waals surface area contributed by atoms with Crippen LogP contribution in [0.5, 0.6) is 0 Å². The van der Waals surface area contributed by atoms with Gasteiger partial charge < -0.3 is 14.5 Å². The number of nitriles is 1. The van der Waals surface area contributed by atoms with Crippen LogP contribution in [0.2, 0.25) is 0 Å². The first-order valence-electron chi connectivity index (χ1n) is 12.4. The van der Waals surface area contributed by atoms with E-state index in [4.69, 9.17) is 10.00 Å². The highest BCUT2D eigenvalue weighted by molar-refractivity contribution is 5.91. The maximum Gasteiger partial charge on any atom is 0.417 e. The van der Waals surface area contributed by atoms with Gasteiger partial charge in [-0.05, 0) is 54.9 Å². The zero-order valence-corrected chi connectivity index (χ0v) is 20.4. The Morgan fingerprint density at radius 3 is 2.39 bits per heavy atom. The number of alkyl halides is 3. The zero-order valence-electron chi connectivity index (χ0n) is 20.4. The van der Waals surface area contributed by atoms with Crippen molar-refractivity contribution in [2.24, 2.45) is 11.3 Å². The number of anilines is 1. The van der Waals surface area contributed by atoms with Crippen molar-refractivity contribution < 1.29 is 22.7 Å². The Balaban J connectivity index is 1.33. The van der Waals surface area contributed by atoms with E-state index < -0.39 is 17.2 Å². The first-order valence-corrected chi connectivity index (χ1v) is 12.4. The number of amides is 1. The van der Waals surface area contributed by atoms with Crippen molar-refractivity contribution in [2.75, 3.05) is 44.8 Å². The van der Waals surface area contributed by atoms with Gasteiger partial charge in [-0.3, -0.25) is 4.79 Å². The molecule has 2 aromatic rings. The van der Waals surface area contributed by atoms with E-state index in [1.54, 1.807) is 19.2 Å². The van der Waals surface area contributed by atoms with Gasteiger partial charge in [0.15, 0.2) is 0 Å². The van der Waals surface area contributed by atoms with Crippen molar-refractivity contribution in [1.29, 1.82) is 5.26 Å². The molecule has 1 unspecified atom stereocenters. The summed E-state index contributed by atoms with van der Waals surface area (Å²) >= 11 is 0. The molecule has 5 rings (SSSR count). The summed E-state index contributed by atoms with van der Waals surface area (Å²) in [6.45, 7) is 3.04. The summed E-state index contributed by atoms with van der Waals surface area (Å²) in [6.07, 6.45) is -1.31. The highest BCUT2D eigenvalue weighted by atomic mass is 19.4. The third-order valence-corrected chi connectivity index (χ3v) is 8.51. The molecule has 1 atom stereocenters. The number of carbonyl (C=O) groups excluding carboxylic acids is 1. The number of halogens is 3. The average molecular weight is 498 g/mol. The fourth-order valence-electron chi connectivity index (χ4n) is 6.27. The second-order valence-electron chi connectivity index (χ2n) is 10.5. The molecule has 1 aliphatic carbocycles. The van der Waals surface area contributed by atoms with E-state index in [9.17, 15) is 18.0 Å². The van der Waals surface area contributed by atoms with Gasteiger partial charge in [0.1, 0.15) is 0 Å². The molecule has 3 aliphatic rings. The monoisotopic (exact) mass is 497 g/mol. The number of rotatable bonds is 5. The van der Waals surface area contributed by atoms with Crippen molar-refractivity contribution in [3.8, 4) is 6.07 Å². The Bertz CT molecular complexity index is 1160. The lowest BCUT2D eigenvalue weighted by Gasteiger charge is -2.43. The Morgan fingerprint density at radius 1 is 1.11 bits per heavy atom. The summed E-state index contributed by atoms with van der Waals surface area (Å²) in [4.78, 5) is 17.7. The van der Waals surface area contributed by atoms with Crippen LogP contribution >= 0.6 is 0 Å². The summed E-state index contributed by atoms with van der Waals surface area (Å²) in [6, 6.07) is 15.6. The van der Waals surface area contributed by atoms with Gasteiger partial charge in [-0.25, -0.2) is 0 Å². The van der Waals surface area contributed by atoms with E-state index in [0.29, 0.717) is 38.5 Å². The molecular weight excluding hydrogens is 467 g/mol. The predicted molar refractivity (Wildman–Crippen MR) is 129 cm³/mol. The van der Waals surface area contributed by atoms with Gasteiger partial charge in [-0.1, -0.05) is 30.3 Å². The van der Waals surface area contributed by atoms with Crippen LogP contribution in [-0.4, -0.2) is 50.7 Å². The molecule has 190 valence electrons. The van der Waals surface area contributed by atoms with E-state index in [2.05, 4.69) is 0 Å². The zero-order chi connectivity index (χ0) is 25.6. The number of ether oxygens (including phenoxy) is 1. The molecule has 36 heavy (non-hydrogen) atoms. The lowest BCUT2D eigenvalue weighted by molar-refractivity contribution is -0.137. The molecule has 5 nitrogen and oxygen atoms in total.